The molecule has 1 amide bonds. The maximum absolute atomic E-state index is 12.3. The highest BCUT2D eigenvalue weighted by Crippen LogP contribution is 2.24. The molecule has 2 atom stereocenters. The van der Waals surface area contributed by atoms with Gasteiger partial charge in [0.2, 0.25) is 0 Å². The van der Waals surface area contributed by atoms with Crippen molar-refractivity contribution >= 4 is 6.09 Å². The molecular weight excluding hydrogens is 278 g/mol. The van der Waals surface area contributed by atoms with Gasteiger partial charge in [0.1, 0.15) is 5.60 Å². The standard InChI is InChI=1S/C17H29N3O2/c1-13(15-9-6-10-18-15)19(5)12-14-8-7-11-20(14)16(21)22-17(2,3)4/h6,9-10,13-14,18H,7-8,11-12H2,1-5H3/t13-,14-/m1/s1. The Kier molecular flexibility index (Phi) is 5.16. The molecule has 0 aromatic carbocycles. The SMILES string of the molecule is C[C@H](c1ccc[nH]1)N(C)C[C@H]1CCCN1C(=O)OC(C)(C)C. The molecule has 0 unspecified atom stereocenters. The highest BCUT2D eigenvalue weighted by molar-refractivity contribution is 5.69. The predicted octanol–water partition coefficient (Wildman–Crippen LogP) is 3.41. The maximum atomic E-state index is 12.3. The first kappa shape index (κ1) is 16.9. The number of hydrogen-bond acceptors (Lipinski definition) is 3. The molecule has 0 radical (unpaired) electrons. The lowest BCUT2D eigenvalue weighted by Gasteiger charge is -2.32. The van der Waals surface area contributed by atoms with Gasteiger partial charge in [-0.05, 0) is 59.7 Å². The van der Waals surface area contributed by atoms with Crippen LogP contribution in [0.1, 0.15) is 52.3 Å². The number of likely N-dealkylation sites (tertiary alicyclic amines) is 1. The molecule has 0 spiro atoms. The van der Waals surface area contributed by atoms with Gasteiger partial charge in [0.05, 0.1) is 0 Å². The van der Waals surface area contributed by atoms with E-state index in [1.54, 1.807) is 0 Å². The molecule has 1 aliphatic rings. The summed E-state index contributed by atoms with van der Waals surface area (Å²) in [6.45, 7) is 9.57. The fraction of sp³-hybridized carbons (Fsp3) is 0.706. The quantitative estimate of drug-likeness (QED) is 0.927. The summed E-state index contributed by atoms with van der Waals surface area (Å²) in [5.41, 5.74) is 0.762. The van der Waals surface area contributed by atoms with E-state index in [1.165, 1.54) is 5.69 Å². The molecule has 2 heterocycles. The number of H-pyrrole nitrogens is 1. The number of aromatic amines is 1. The third-order valence-corrected chi connectivity index (χ3v) is 4.24. The molecular formula is C17H29N3O2. The van der Waals surface area contributed by atoms with E-state index in [1.807, 2.05) is 37.9 Å². The van der Waals surface area contributed by atoms with Crippen molar-refractivity contribution in [2.24, 2.45) is 0 Å². The molecule has 1 aliphatic heterocycles. The van der Waals surface area contributed by atoms with Crippen molar-refractivity contribution in [2.45, 2.75) is 58.2 Å². The second-order valence-electron chi connectivity index (χ2n) is 7.21. The van der Waals surface area contributed by atoms with Crippen LogP contribution in [0.25, 0.3) is 0 Å². The van der Waals surface area contributed by atoms with Crippen molar-refractivity contribution in [3.05, 3.63) is 24.0 Å². The van der Waals surface area contributed by atoms with Crippen molar-refractivity contribution in [1.29, 1.82) is 0 Å². The van der Waals surface area contributed by atoms with Gasteiger partial charge >= 0.3 is 6.09 Å². The van der Waals surface area contributed by atoms with E-state index in [0.717, 1.165) is 25.9 Å². The Hall–Kier alpha value is -1.49. The first-order valence-electron chi connectivity index (χ1n) is 8.11. The first-order chi connectivity index (χ1) is 10.3. The Morgan fingerprint density at radius 3 is 2.86 bits per heavy atom. The highest BCUT2D eigenvalue weighted by atomic mass is 16.6. The van der Waals surface area contributed by atoms with E-state index in [0.29, 0.717) is 6.04 Å². The van der Waals surface area contributed by atoms with E-state index in [-0.39, 0.29) is 12.1 Å². The zero-order valence-electron chi connectivity index (χ0n) is 14.4. The summed E-state index contributed by atoms with van der Waals surface area (Å²) in [4.78, 5) is 19.8. The Balaban J connectivity index is 1.94. The molecule has 0 aliphatic carbocycles. The van der Waals surface area contributed by atoms with Gasteiger partial charge in [-0.1, -0.05) is 0 Å². The first-order valence-corrected chi connectivity index (χ1v) is 8.11. The van der Waals surface area contributed by atoms with Crippen LogP contribution in [0.15, 0.2) is 18.3 Å². The summed E-state index contributed by atoms with van der Waals surface area (Å²) in [5.74, 6) is 0. The molecule has 5 heteroatoms. The van der Waals surface area contributed by atoms with Gasteiger partial charge in [-0.25, -0.2) is 4.79 Å². The van der Waals surface area contributed by atoms with Crippen molar-refractivity contribution in [3.63, 3.8) is 0 Å². The van der Waals surface area contributed by atoms with Gasteiger partial charge in [-0.15, -0.1) is 0 Å². The minimum atomic E-state index is -0.437. The van der Waals surface area contributed by atoms with Crippen molar-refractivity contribution in [1.82, 2.24) is 14.8 Å². The summed E-state index contributed by atoms with van der Waals surface area (Å²) in [5, 5.41) is 0. The summed E-state index contributed by atoms with van der Waals surface area (Å²) < 4.78 is 5.53. The third-order valence-electron chi connectivity index (χ3n) is 4.24. The molecule has 2 rings (SSSR count). The zero-order valence-corrected chi connectivity index (χ0v) is 14.4. The number of likely N-dealkylation sites (N-methyl/N-ethyl adjacent to an activating group) is 1. The smallest absolute Gasteiger partial charge is 0.410 e. The molecule has 1 fully saturated rings. The number of aromatic nitrogens is 1. The van der Waals surface area contributed by atoms with Crippen LogP contribution in [0.2, 0.25) is 0 Å². The van der Waals surface area contributed by atoms with Gasteiger partial charge in [0.25, 0.3) is 0 Å². The molecule has 5 nitrogen and oxygen atoms in total. The number of rotatable bonds is 4. The number of nitrogens with zero attached hydrogens (tertiary/aromatic N) is 2. The minimum Gasteiger partial charge on any atom is -0.444 e. The van der Waals surface area contributed by atoms with Crippen LogP contribution < -0.4 is 0 Å². The second kappa shape index (κ2) is 6.73. The Bertz CT molecular complexity index is 479. The number of amides is 1. The summed E-state index contributed by atoms with van der Waals surface area (Å²) in [6, 6.07) is 4.65. The van der Waals surface area contributed by atoms with Gasteiger partial charge in [0, 0.05) is 37.1 Å². The monoisotopic (exact) mass is 307 g/mol. The lowest BCUT2D eigenvalue weighted by molar-refractivity contribution is 0.0193. The fourth-order valence-electron chi connectivity index (χ4n) is 2.92. The van der Waals surface area contributed by atoms with E-state index in [2.05, 4.69) is 29.9 Å². The molecule has 22 heavy (non-hydrogen) atoms. The number of ether oxygens (including phenoxy) is 1. The number of carbonyl (C=O) groups is 1. The van der Waals surface area contributed by atoms with E-state index in [4.69, 9.17) is 4.74 Å². The average Bonchev–Trinajstić information content (AvgIpc) is 3.06. The van der Waals surface area contributed by atoms with Crippen LogP contribution in [0.4, 0.5) is 4.79 Å². The summed E-state index contributed by atoms with van der Waals surface area (Å²) in [6.07, 6.45) is 3.86. The Morgan fingerprint density at radius 2 is 2.27 bits per heavy atom. The number of hydrogen-bond donors (Lipinski definition) is 1. The van der Waals surface area contributed by atoms with Crippen LogP contribution in [0.3, 0.4) is 0 Å². The lowest BCUT2D eigenvalue weighted by Crippen LogP contribution is -2.44. The van der Waals surface area contributed by atoms with Crippen molar-refractivity contribution in [2.75, 3.05) is 20.1 Å². The van der Waals surface area contributed by atoms with Gasteiger partial charge in [-0.2, -0.15) is 0 Å². The maximum Gasteiger partial charge on any atom is 0.410 e. The van der Waals surface area contributed by atoms with Crippen LogP contribution in [-0.4, -0.2) is 52.7 Å². The van der Waals surface area contributed by atoms with E-state index < -0.39 is 5.60 Å². The molecule has 1 N–H and O–H groups in total. The molecule has 1 saturated heterocycles. The molecule has 0 bridgehead atoms. The normalized spacial score (nSPS) is 20.5. The molecule has 0 saturated carbocycles. The topological polar surface area (TPSA) is 48.6 Å². The number of nitrogens with one attached hydrogen (secondary N) is 1. The fourth-order valence-corrected chi connectivity index (χ4v) is 2.92. The van der Waals surface area contributed by atoms with Gasteiger partial charge < -0.3 is 14.6 Å². The highest BCUT2D eigenvalue weighted by Gasteiger charge is 2.33. The van der Waals surface area contributed by atoms with Crippen molar-refractivity contribution < 1.29 is 9.53 Å². The Morgan fingerprint density at radius 1 is 1.55 bits per heavy atom. The molecule has 124 valence electrons. The summed E-state index contributed by atoms with van der Waals surface area (Å²) in [7, 11) is 2.11. The molecule has 1 aromatic rings. The summed E-state index contributed by atoms with van der Waals surface area (Å²) >= 11 is 0. The predicted molar refractivity (Wildman–Crippen MR) is 87.8 cm³/mol. The second-order valence-corrected chi connectivity index (χ2v) is 7.21. The minimum absolute atomic E-state index is 0.184. The largest absolute Gasteiger partial charge is 0.444 e. The van der Waals surface area contributed by atoms with Crippen LogP contribution in [-0.2, 0) is 4.74 Å². The zero-order chi connectivity index (χ0) is 16.3. The third kappa shape index (κ3) is 4.26. The lowest BCUT2D eigenvalue weighted by atomic mass is 10.1. The average molecular weight is 307 g/mol. The van der Waals surface area contributed by atoms with Gasteiger partial charge in [0.15, 0.2) is 0 Å². The van der Waals surface area contributed by atoms with E-state index in [9.17, 15) is 4.79 Å². The van der Waals surface area contributed by atoms with Crippen LogP contribution in [0.5, 0.6) is 0 Å². The van der Waals surface area contributed by atoms with Crippen molar-refractivity contribution in [3.8, 4) is 0 Å². The van der Waals surface area contributed by atoms with Crippen LogP contribution >= 0.6 is 0 Å². The molecule has 1 aromatic heterocycles. The number of carbonyl (C=O) groups excluding carboxylic acids is 1. The van der Waals surface area contributed by atoms with E-state index >= 15 is 0 Å². The van der Waals surface area contributed by atoms with Crippen LogP contribution in [0, 0.1) is 0 Å². The van der Waals surface area contributed by atoms with Gasteiger partial charge in [-0.3, -0.25) is 4.90 Å². The Labute approximate surface area is 133 Å².